The van der Waals surface area contributed by atoms with E-state index in [1.807, 2.05) is 0 Å². The molecule has 1 atom stereocenters. The second-order valence-electron chi connectivity index (χ2n) is 6.56. The van der Waals surface area contributed by atoms with Crippen LogP contribution < -0.4 is 10.2 Å². The van der Waals surface area contributed by atoms with Gasteiger partial charge in [-0.15, -0.1) is 0 Å². The van der Waals surface area contributed by atoms with Gasteiger partial charge in [-0.05, 0) is 54.8 Å². The molecule has 144 valence electrons. The number of ether oxygens (including phenoxy) is 1. The largest absolute Gasteiger partial charge is 0.457 e. The minimum absolute atomic E-state index is 0.0226. The van der Waals surface area contributed by atoms with Gasteiger partial charge in [0.1, 0.15) is 16.2 Å². The topological polar surface area (TPSA) is 92.7 Å². The Morgan fingerprint density at radius 3 is 2.22 bits per heavy atom. The zero-order valence-electron chi connectivity index (χ0n) is 14.5. The summed E-state index contributed by atoms with van der Waals surface area (Å²) in [5.74, 6) is 0.444. The van der Waals surface area contributed by atoms with Crippen LogP contribution >= 0.6 is 11.6 Å². The van der Waals surface area contributed by atoms with E-state index in [-0.39, 0.29) is 12.2 Å². The summed E-state index contributed by atoms with van der Waals surface area (Å²) >= 11 is 5.85. The van der Waals surface area contributed by atoms with Crippen LogP contribution in [-0.4, -0.2) is 25.3 Å². The summed E-state index contributed by atoms with van der Waals surface area (Å²) < 4.78 is 30.1. The number of benzene rings is 2. The van der Waals surface area contributed by atoms with Crippen LogP contribution in [0.15, 0.2) is 48.5 Å². The molecule has 0 aromatic heterocycles. The summed E-state index contributed by atoms with van der Waals surface area (Å²) in [7, 11) is -3.55. The molecule has 8 heteroatoms. The minimum Gasteiger partial charge on any atom is -0.457 e. The number of carbonyl (C=O) groups excluding carboxylic acids is 1. The first-order chi connectivity index (χ1) is 12.9. The Balaban J connectivity index is 1.91. The van der Waals surface area contributed by atoms with Crippen LogP contribution in [0, 0.1) is 0 Å². The van der Waals surface area contributed by atoms with E-state index in [0.29, 0.717) is 41.3 Å². The summed E-state index contributed by atoms with van der Waals surface area (Å²) in [6, 6.07) is 13.6. The van der Waals surface area contributed by atoms with Crippen molar-refractivity contribution in [2.75, 3.05) is 5.75 Å². The van der Waals surface area contributed by atoms with E-state index in [1.165, 1.54) is 0 Å². The van der Waals surface area contributed by atoms with E-state index < -0.39 is 20.5 Å². The van der Waals surface area contributed by atoms with Gasteiger partial charge in [0.05, 0.1) is 12.2 Å². The van der Waals surface area contributed by atoms with Gasteiger partial charge in [0, 0.05) is 5.02 Å². The van der Waals surface area contributed by atoms with Gasteiger partial charge in [-0.25, -0.2) is 13.9 Å². The highest BCUT2D eigenvalue weighted by atomic mass is 35.5. The molecule has 2 N–H and O–H groups in total. The average molecular weight is 410 g/mol. The Morgan fingerprint density at radius 2 is 1.67 bits per heavy atom. The molecule has 2 aromatic carbocycles. The number of carbonyl (C=O) groups is 1. The summed E-state index contributed by atoms with van der Waals surface area (Å²) in [6.45, 7) is 0. The van der Waals surface area contributed by atoms with Gasteiger partial charge in [-0.1, -0.05) is 30.2 Å². The molecule has 27 heavy (non-hydrogen) atoms. The molecule has 1 fully saturated rings. The Kier molecular flexibility index (Phi) is 5.74. The number of hydrogen-bond acceptors (Lipinski definition) is 5. The molecule has 1 unspecified atom stereocenters. The van der Waals surface area contributed by atoms with Gasteiger partial charge in [0.15, 0.2) is 9.84 Å². The zero-order valence-corrected chi connectivity index (χ0v) is 16.1. The first-order valence-corrected chi connectivity index (χ1v) is 10.6. The number of hydrogen-bond donors (Lipinski definition) is 2. The van der Waals surface area contributed by atoms with Crippen LogP contribution in [0.1, 0.15) is 31.2 Å². The maximum absolute atomic E-state index is 12.9. The van der Waals surface area contributed by atoms with E-state index in [4.69, 9.17) is 21.5 Å². The van der Waals surface area contributed by atoms with Crippen LogP contribution in [0.25, 0.3) is 0 Å². The number of rotatable bonds is 5. The Labute approximate surface area is 163 Å². The molecule has 0 bridgehead atoms. The number of halogens is 1. The molecular weight excluding hydrogens is 390 g/mol. The van der Waals surface area contributed by atoms with Gasteiger partial charge in [-0.3, -0.25) is 10.0 Å². The Hall–Kier alpha value is -2.09. The van der Waals surface area contributed by atoms with Crippen molar-refractivity contribution >= 4 is 27.3 Å². The molecule has 0 spiro atoms. The zero-order chi connectivity index (χ0) is 19.5. The van der Waals surface area contributed by atoms with Crippen molar-refractivity contribution in [2.24, 2.45) is 0 Å². The third-order valence-electron chi connectivity index (χ3n) is 4.84. The standard InChI is InChI=1S/C19H20ClNO5S/c20-15-5-9-17(10-6-15)26-16-7-3-14(4-8-16)19(13-18(22)21-23)11-1-2-12-27(19,24)25/h3-10,23H,1-2,11-13H2,(H,21,22). The Morgan fingerprint density at radius 1 is 1.07 bits per heavy atom. The molecule has 0 saturated carbocycles. The molecule has 3 rings (SSSR count). The number of amides is 1. The van der Waals surface area contributed by atoms with Gasteiger partial charge in [-0.2, -0.15) is 0 Å². The molecule has 0 radical (unpaired) electrons. The monoisotopic (exact) mass is 409 g/mol. The molecule has 1 saturated heterocycles. The second kappa shape index (κ2) is 7.88. The lowest BCUT2D eigenvalue weighted by molar-refractivity contribution is -0.130. The van der Waals surface area contributed by atoms with E-state index in [0.717, 1.165) is 0 Å². The van der Waals surface area contributed by atoms with Crippen LogP contribution in [0.2, 0.25) is 5.02 Å². The van der Waals surface area contributed by atoms with Crippen molar-refractivity contribution < 1.29 is 23.2 Å². The van der Waals surface area contributed by atoms with Crippen molar-refractivity contribution in [3.8, 4) is 11.5 Å². The molecular formula is C19H20ClNO5S. The normalized spacial score (nSPS) is 21.4. The van der Waals surface area contributed by atoms with Crippen LogP contribution in [0.4, 0.5) is 0 Å². The fourth-order valence-corrected chi connectivity index (χ4v) is 5.84. The lowest BCUT2D eigenvalue weighted by Gasteiger charge is -2.36. The number of sulfone groups is 1. The van der Waals surface area contributed by atoms with Crippen LogP contribution in [-0.2, 0) is 19.4 Å². The highest BCUT2D eigenvalue weighted by molar-refractivity contribution is 7.92. The third-order valence-corrected chi connectivity index (χ3v) is 7.69. The van der Waals surface area contributed by atoms with Crippen LogP contribution in [0.3, 0.4) is 0 Å². The van der Waals surface area contributed by atoms with E-state index in [9.17, 15) is 13.2 Å². The first-order valence-electron chi connectivity index (χ1n) is 8.55. The van der Waals surface area contributed by atoms with Crippen LogP contribution in [0.5, 0.6) is 11.5 Å². The molecule has 0 aliphatic carbocycles. The maximum Gasteiger partial charge on any atom is 0.245 e. The highest BCUT2D eigenvalue weighted by Crippen LogP contribution is 2.43. The van der Waals surface area contributed by atoms with Gasteiger partial charge in [0.25, 0.3) is 0 Å². The predicted octanol–water partition coefficient (Wildman–Crippen LogP) is 3.82. The third kappa shape index (κ3) is 4.10. The maximum atomic E-state index is 12.9. The predicted molar refractivity (Wildman–Crippen MR) is 102 cm³/mol. The fraction of sp³-hybridized carbons (Fsp3) is 0.316. The summed E-state index contributed by atoms with van der Waals surface area (Å²) in [5, 5.41) is 9.50. The van der Waals surface area contributed by atoms with E-state index >= 15 is 0 Å². The van der Waals surface area contributed by atoms with Crippen molar-refractivity contribution in [1.29, 1.82) is 0 Å². The number of hydroxylamine groups is 1. The lowest BCUT2D eigenvalue weighted by atomic mass is 9.88. The Bertz CT molecular complexity index is 912. The van der Waals surface area contributed by atoms with Crippen molar-refractivity contribution in [3.63, 3.8) is 0 Å². The van der Waals surface area contributed by atoms with Crippen molar-refractivity contribution in [2.45, 2.75) is 30.4 Å². The quantitative estimate of drug-likeness (QED) is 0.578. The lowest BCUT2D eigenvalue weighted by Crippen LogP contribution is -2.44. The van der Waals surface area contributed by atoms with Gasteiger partial charge < -0.3 is 4.74 Å². The first kappa shape index (κ1) is 19.7. The van der Waals surface area contributed by atoms with Crippen molar-refractivity contribution in [3.05, 3.63) is 59.1 Å². The van der Waals surface area contributed by atoms with Gasteiger partial charge in [0.2, 0.25) is 5.91 Å². The smallest absolute Gasteiger partial charge is 0.245 e. The molecule has 6 nitrogen and oxygen atoms in total. The molecule has 2 aromatic rings. The average Bonchev–Trinajstić information content (AvgIpc) is 2.66. The summed E-state index contributed by atoms with van der Waals surface area (Å²) in [6.07, 6.45) is 1.28. The molecule has 1 aliphatic rings. The van der Waals surface area contributed by atoms with E-state index in [1.54, 1.807) is 54.0 Å². The second-order valence-corrected chi connectivity index (χ2v) is 9.42. The number of nitrogens with one attached hydrogen (secondary N) is 1. The molecule has 1 aliphatic heterocycles. The van der Waals surface area contributed by atoms with Gasteiger partial charge >= 0.3 is 0 Å². The molecule has 1 amide bonds. The fourth-order valence-electron chi connectivity index (χ4n) is 3.44. The minimum atomic E-state index is -3.55. The SMILES string of the molecule is O=C(CC1(c2ccc(Oc3ccc(Cl)cc3)cc2)CCCCS1(=O)=O)NO. The van der Waals surface area contributed by atoms with E-state index in [2.05, 4.69) is 0 Å². The van der Waals surface area contributed by atoms with Crippen molar-refractivity contribution in [1.82, 2.24) is 5.48 Å². The molecule has 1 heterocycles. The highest BCUT2D eigenvalue weighted by Gasteiger charge is 2.48. The summed E-state index contributed by atoms with van der Waals surface area (Å²) in [4.78, 5) is 11.8. The summed E-state index contributed by atoms with van der Waals surface area (Å²) in [5.41, 5.74) is 2.08.